The lowest BCUT2D eigenvalue weighted by Crippen LogP contribution is -2.25. The second-order valence-corrected chi connectivity index (χ2v) is 5.47. The molecule has 0 fully saturated rings. The van der Waals surface area contributed by atoms with E-state index in [1.54, 1.807) is 18.0 Å². The molecule has 0 spiro atoms. The lowest BCUT2D eigenvalue weighted by molar-refractivity contribution is 0.401. The molecule has 1 N–H and O–H groups in total. The van der Waals surface area contributed by atoms with Gasteiger partial charge in [0.05, 0.1) is 25.0 Å². The van der Waals surface area contributed by atoms with Gasteiger partial charge >= 0.3 is 0 Å². The molecule has 0 radical (unpaired) electrons. The van der Waals surface area contributed by atoms with Crippen molar-refractivity contribution in [1.29, 1.82) is 0 Å². The Morgan fingerprint density at radius 3 is 2.85 bits per heavy atom. The molecule has 1 heterocycles. The van der Waals surface area contributed by atoms with Crippen molar-refractivity contribution in [3.05, 3.63) is 40.1 Å². The molecule has 0 bridgehead atoms. The number of halogens is 1. The van der Waals surface area contributed by atoms with Crippen LogP contribution in [0.15, 0.2) is 28.9 Å². The average Bonchev–Trinajstić information content (AvgIpc) is 2.86. The molecule has 0 aliphatic carbocycles. The number of aromatic nitrogens is 3. The zero-order valence-corrected chi connectivity index (χ0v) is 13.5. The summed E-state index contributed by atoms with van der Waals surface area (Å²) in [4.78, 5) is 0. The highest BCUT2D eigenvalue weighted by Crippen LogP contribution is 2.31. The summed E-state index contributed by atoms with van der Waals surface area (Å²) >= 11 is 3.47. The molecule has 1 unspecified atom stereocenters. The minimum atomic E-state index is 0.0120. The van der Waals surface area contributed by atoms with Gasteiger partial charge in [-0.2, -0.15) is 0 Å². The predicted octanol–water partition coefficient (Wildman–Crippen LogP) is 2.68. The van der Waals surface area contributed by atoms with Crippen molar-refractivity contribution < 1.29 is 4.74 Å². The van der Waals surface area contributed by atoms with Gasteiger partial charge in [-0.15, -0.1) is 5.10 Å². The number of benzene rings is 1. The van der Waals surface area contributed by atoms with Crippen LogP contribution < -0.4 is 10.1 Å². The summed E-state index contributed by atoms with van der Waals surface area (Å²) in [6, 6.07) is 6.06. The molecule has 0 aliphatic heterocycles. The SMILES string of the molecule is CCCNC(c1ccc(Br)cc1OC)c1cnnn1C. The first kappa shape index (κ1) is 15.0. The summed E-state index contributed by atoms with van der Waals surface area (Å²) in [6.07, 6.45) is 2.84. The Hall–Kier alpha value is -1.40. The standard InChI is InChI=1S/C14H19BrN4O/c1-4-7-16-14(12-9-17-18-19(12)2)11-6-5-10(15)8-13(11)20-3/h5-6,8-9,14,16H,4,7H2,1-3H3. The molecule has 108 valence electrons. The van der Waals surface area contributed by atoms with Crippen molar-refractivity contribution in [2.45, 2.75) is 19.4 Å². The van der Waals surface area contributed by atoms with Crippen molar-refractivity contribution in [3.8, 4) is 5.75 Å². The molecule has 6 heteroatoms. The number of hydrogen-bond donors (Lipinski definition) is 1. The van der Waals surface area contributed by atoms with E-state index in [-0.39, 0.29) is 6.04 Å². The van der Waals surface area contributed by atoms with Crippen LogP contribution in [0.25, 0.3) is 0 Å². The van der Waals surface area contributed by atoms with Gasteiger partial charge in [-0.3, -0.25) is 4.68 Å². The maximum absolute atomic E-state index is 5.50. The highest BCUT2D eigenvalue weighted by molar-refractivity contribution is 9.10. The summed E-state index contributed by atoms with van der Waals surface area (Å²) in [5.74, 6) is 0.842. The Balaban J connectivity index is 2.43. The van der Waals surface area contributed by atoms with Gasteiger partial charge in [0, 0.05) is 17.1 Å². The third-order valence-electron chi connectivity index (χ3n) is 3.15. The Bertz CT molecular complexity index is 570. The summed E-state index contributed by atoms with van der Waals surface area (Å²) in [5, 5.41) is 11.5. The van der Waals surface area contributed by atoms with E-state index in [1.807, 2.05) is 19.2 Å². The van der Waals surface area contributed by atoms with Crippen molar-refractivity contribution >= 4 is 15.9 Å². The summed E-state index contributed by atoms with van der Waals surface area (Å²) in [5.41, 5.74) is 2.09. The molecule has 0 aliphatic rings. The van der Waals surface area contributed by atoms with Gasteiger partial charge in [-0.25, -0.2) is 0 Å². The van der Waals surface area contributed by atoms with E-state index in [0.717, 1.165) is 34.4 Å². The second-order valence-electron chi connectivity index (χ2n) is 4.56. The average molecular weight is 339 g/mol. The number of hydrogen-bond acceptors (Lipinski definition) is 4. The first-order valence-corrected chi connectivity index (χ1v) is 7.38. The van der Waals surface area contributed by atoms with Gasteiger partial charge in [-0.1, -0.05) is 34.1 Å². The van der Waals surface area contributed by atoms with Crippen molar-refractivity contribution in [1.82, 2.24) is 20.3 Å². The molecule has 0 saturated carbocycles. The van der Waals surface area contributed by atoms with Crippen LogP contribution in [0.5, 0.6) is 5.75 Å². The first-order valence-electron chi connectivity index (χ1n) is 6.58. The summed E-state index contributed by atoms with van der Waals surface area (Å²) < 4.78 is 8.29. The van der Waals surface area contributed by atoms with Gasteiger partial charge in [0.15, 0.2) is 0 Å². The third kappa shape index (κ3) is 3.19. The lowest BCUT2D eigenvalue weighted by Gasteiger charge is -2.21. The van der Waals surface area contributed by atoms with Gasteiger partial charge in [0.25, 0.3) is 0 Å². The van der Waals surface area contributed by atoms with Crippen molar-refractivity contribution in [3.63, 3.8) is 0 Å². The zero-order chi connectivity index (χ0) is 14.5. The van der Waals surface area contributed by atoms with Gasteiger partial charge in [0.1, 0.15) is 5.75 Å². The van der Waals surface area contributed by atoms with Crippen LogP contribution in [-0.2, 0) is 7.05 Å². The molecular weight excluding hydrogens is 320 g/mol. The largest absolute Gasteiger partial charge is 0.496 e. The van der Waals surface area contributed by atoms with Gasteiger partial charge < -0.3 is 10.1 Å². The van der Waals surface area contributed by atoms with E-state index in [9.17, 15) is 0 Å². The molecule has 2 aromatic rings. The zero-order valence-electron chi connectivity index (χ0n) is 11.9. The maximum atomic E-state index is 5.50. The molecule has 5 nitrogen and oxygen atoms in total. The van der Waals surface area contributed by atoms with E-state index in [2.05, 4.69) is 44.5 Å². The minimum absolute atomic E-state index is 0.0120. The summed E-state index contributed by atoms with van der Waals surface area (Å²) in [6.45, 7) is 3.05. The van der Waals surface area contributed by atoms with Gasteiger partial charge in [0.2, 0.25) is 0 Å². The van der Waals surface area contributed by atoms with Crippen LogP contribution in [-0.4, -0.2) is 28.6 Å². The number of methoxy groups -OCH3 is 1. The van der Waals surface area contributed by atoms with E-state index >= 15 is 0 Å². The monoisotopic (exact) mass is 338 g/mol. The van der Waals surface area contributed by atoms with Crippen LogP contribution in [0.3, 0.4) is 0 Å². The fourth-order valence-electron chi connectivity index (χ4n) is 2.14. The Morgan fingerprint density at radius 1 is 1.45 bits per heavy atom. The van der Waals surface area contributed by atoms with E-state index in [0.29, 0.717) is 0 Å². The number of nitrogens with zero attached hydrogens (tertiary/aromatic N) is 3. The predicted molar refractivity (Wildman–Crippen MR) is 81.8 cm³/mol. The fraction of sp³-hybridized carbons (Fsp3) is 0.429. The molecule has 0 saturated heterocycles. The van der Waals surface area contributed by atoms with Crippen molar-refractivity contribution in [2.24, 2.45) is 7.05 Å². The third-order valence-corrected chi connectivity index (χ3v) is 3.64. The van der Waals surface area contributed by atoms with E-state index in [4.69, 9.17) is 4.74 Å². The molecule has 1 aromatic heterocycles. The lowest BCUT2D eigenvalue weighted by atomic mass is 10.0. The Kier molecular flexibility index (Phi) is 5.14. The molecule has 1 atom stereocenters. The van der Waals surface area contributed by atoms with Crippen LogP contribution in [0.2, 0.25) is 0 Å². The smallest absolute Gasteiger partial charge is 0.125 e. The second kappa shape index (κ2) is 6.85. The normalized spacial score (nSPS) is 12.4. The molecule has 0 amide bonds. The Labute approximate surface area is 127 Å². The highest BCUT2D eigenvalue weighted by atomic mass is 79.9. The number of rotatable bonds is 6. The molecular formula is C14H19BrN4O. The van der Waals surface area contributed by atoms with Crippen LogP contribution in [0, 0.1) is 0 Å². The van der Waals surface area contributed by atoms with Crippen LogP contribution in [0.1, 0.15) is 30.6 Å². The fourth-order valence-corrected chi connectivity index (χ4v) is 2.49. The Morgan fingerprint density at radius 2 is 2.25 bits per heavy atom. The van der Waals surface area contributed by atoms with Crippen molar-refractivity contribution in [2.75, 3.05) is 13.7 Å². The van der Waals surface area contributed by atoms with E-state index < -0.39 is 0 Å². The molecule has 20 heavy (non-hydrogen) atoms. The maximum Gasteiger partial charge on any atom is 0.125 e. The number of nitrogens with one attached hydrogen (secondary N) is 1. The topological polar surface area (TPSA) is 52.0 Å². The summed E-state index contributed by atoms with van der Waals surface area (Å²) in [7, 11) is 3.58. The highest BCUT2D eigenvalue weighted by Gasteiger charge is 2.21. The quantitative estimate of drug-likeness (QED) is 0.879. The number of ether oxygens (including phenoxy) is 1. The molecule has 1 aromatic carbocycles. The minimum Gasteiger partial charge on any atom is -0.496 e. The van der Waals surface area contributed by atoms with E-state index in [1.165, 1.54) is 0 Å². The van der Waals surface area contributed by atoms with Gasteiger partial charge in [-0.05, 0) is 25.1 Å². The van der Waals surface area contributed by atoms with Crippen LogP contribution in [0.4, 0.5) is 0 Å². The number of aryl methyl sites for hydroxylation is 1. The molecule has 2 rings (SSSR count). The van der Waals surface area contributed by atoms with Crippen LogP contribution >= 0.6 is 15.9 Å². The first-order chi connectivity index (χ1) is 9.67.